The van der Waals surface area contributed by atoms with Crippen molar-refractivity contribution < 1.29 is 9.90 Å². The van der Waals surface area contributed by atoms with Crippen LogP contribution in [0, 0.1) is 0 Å². The van der Waals surface area contributed by atoms with Gasteiger partial charge >= 0.3 is 0 Å². The molecule has 4 heteroatoms. The van der Waals surface area contributed by atoms with Crippen LogP contribution in [0.3, 0.4) is 0 Å². The van der Waals surface area contributed by atoms with Gasteiger partial charge in [0, 0.05) is 23.5 Å². The van der Waals surface area contributed by atoms with Gasteiger partial charge in [0.2, 0.25) is 0 Å². The number of rotatable bonds is 4. The van der Waals surface area contributed by atoms with Crippen LogP contribution in [0.5, 0.6) is 0 Å². The number of benzene rings is 1. The highest BCUT2D eigenvalue weighted by Crippen LogP contribution is 2.36. The molecular formula is C16H18N2O2. The molecular weight excluding hydrogens is 252 g/mol. The number of hydrogen-bond acceptors (Lipinski definition) is 2. The Balaban J connectivity index is 1.84. The van der Waals surface area contributed by atoms with Crippen molar-refractivity contribution in [3.8, 4) is 0 Å². The number of nitrogens with one attached hydrogen (secondary N) is 1. The summed E-state index contributed by atoms with van der Waals surface area (Å²) >= 11 is 0. The molecule has 0 spiro atoms. The molecule has 1 fully saturated rings. The summed E-state index contributed by atoms with van der Waals surface area (Å²) < 4.78 is 2.03. The summed E-state index contributed by atoms with van der Waals surface area (Å²) in [4.78, 5) is 12.4. The Morgan fingerprint density at radius 3 is 2.75 bits per heavy atom. The van der Waals surface area contributed by atoms with Crippen molar-refractivity contribution in [2.75, 3.05) is 5.32 Å². The van der Waals surface area contributed by atoms with Gasteiger partial charge in [0.15, 0.2) is 0 Å². The number of amides is 1. The molecule has 4 nitrogen and oxygen atoms in total. The highest BCUT2D eigenvalue weighted by molar-refractivity contribution is 6.03. The van der Waals surface area contributed by atoms with Crippen molar-refractivity contribution in [3.63, 3.8) is 0 Å². The van der Waals surface area contributed by atoms with Crippen LogP contribution < -0.4 is 5.32 Å². The summed E-state index contributed by atoms with van der Waals surface area (Å²) in [6.07, 6.45) is 3.62. The van der Waals surface area contributed by atoms with Crippen molar-refractivity contribution >= 4 is 11.6 Å². The molecule has 1 heterocycles. The summed E-state index contributed by atoms with van der Waals surface area (Å²) in [7, 11) is 0. The largest absolute Gasteiger partial charge is 0.389 e. The second-order valence-electron chi connectivity index (χ2n) is 5.25. The van der Waals surface area contributed by atoms with Gasteiger partial charge in [0.05, 0.1) is 6.10 Å². The minimum Gasteiger partial charge on any atom is -0.389 e. The number of anilines is 1. The molecule has 2 aromatic rings. The van der Waals surface area contributed by atoms with Gasteiger partial charge in [-0.1, -0.05) is 18.2 Å². The van der Waals surface area contributed by atoms with Crippen LogP contribution in [0.15, 0.2) is 42.6 Å². The van der Waals surface area contributed by atoms with Crippen LogP contribution in [-0.2, 0) is 0 Å². The van der Waals surface area contributed by atoms with E-state index in [9.17, 15) is 9.90 Å². The fourth-order valence-electron chi connectivity index (χ4n) is 2.42. The Kier molecular flexibility index (Phi) is 3.32. The number of para-hydroxylation sites is 1. The lowest BCUT2D eigenvalue weighted by Gasteiger charge is -2.14. The number of carbonyl (C=O) groups is 1. The fraction of sp³-hybridized carbons (Fsp3) is 0.312. The molecule has 2 N–H and O–H groups in total. The first kappa shape index (κ1) is 12.9. The summed E-state index contributed by atoms with van der Waals surface area (Å²) in [6.45, 7) is 1.69. The van der Waals surface area contributed by atoms with E-state index in [4.69, 9.17) is 0 Å². The Bertz CT molecular complexity index is 627. The summed E-state index contributed by atoms with van der Waals surface area (Å²) in [5.41, 5.74) is 2.06. The van der Waals surface area contributed by atoms with E-state index in [0.717, 1.165) is 18.4 Å². The molecule has 0 aliphatic heterocycles. The predicted molar refractivity (Wildman–Crippen MR) is 77.7 cm³/mol. The number of aliphatic hydroxyl groups is 1. The Morgan fingerprint density at radius 1 is 1.30 bits per heavy atom. The molecule has 104 valence electrons. The molecule has 1 aromatic carbocycles. The SMILES string of the molecule is CC(O)c1ccccc1NC(=O)c1cccn1C1CC1. The zero-order valence-electron chi connectivity index (χ0n) is 11.4. The Morgan fingerprint density at radius 2 is 2.05 bits per heavy atom. The van der Waals surface area contributed by atoms with E-state index in [0.29, 0.717) is 17.4 Å². The first-order chi connectivity index (χ1) is 9.66. The zero-order valence-corrected chi connectivity index (χ0v) is 11.4. The van der Waals surface area contributed by atoms with Gasteiger partial charge in [0.1, 0.15) is 5.69 Å². The van der Waals surface area contributed by atoms with Gasteiger partial charge in [0.25, 0.3) is 5.91 Å². The monoisotopic (exact) mass is 270 g/mol. The lowest BCUT2D eigenvalue weighted by atomic mass is 10.1. The molecule has 0 radical (unpaired) electrons. The van der Waals surface area contributed by atoms with Gasteiger partial charge in [-0.25, -0.2) is 0 Å². The first-order valence-corrected chi connectivity index (χ1v) is 6.92. The van der Waals surface area contributed by atoms with Crippen molar-refractivity contribution in [3.05, 3.63) is 53.9 Å². The maximum Gasteiger partial charge on any atom is 0.272 e. The maximum atomic E-state index is 12.4. The molecule has 3 rings (SSSR count). The predicted octanol–water partition coefficient (Wildman–Crippen LogP) is 3.13. The molecule has 1 amide bonds. The van der Waals surface area contributed by atoms with E-state index in [2.05, 4.69) is 5.32 Å². The lowest BCUT2D eigenvalue weighted by molar-refractivity contribution is 0.101. The minimum absolute atomic E-state index is 0.130. The first-order valence-electron chi connectivity index (χ1n) is 6.92. The van der Waals surface area contributed by atoms with Crippen LogP contribution in [-0.4, -0.2) is 15.6 Å². The molecule has 1 aromatic heterocycles. The third-order valence-electron chi connectivity index (χ3n) is 3.61. The van der Waals surface area contributed by atoms with E-state index in [1.807, 2.05) is 47.2 Å². The summed E-state index contributed by atoms with van der Waals surface area (Å²) in [5, 5.41) is 12.6. The van der Waals surface area contributed by atoms with Crippen LogP contribution in [0.25, 0.3) is 0 Å². The standard InChI is InChI=1S/C16H18N2O2/c1-11(19)13-5-2-3-6-14(13)17-16(20)15-7-4-10-18(15)12-8-9-12/h2-7,10-12,19H,8-9H2,1H3,(H,17,20). The molecule has 1 atom stereocenters. The molecule has 0 saturated heterocycles. The van der Waals surface area contributed by atoms with E-state index in [1.165, 1.54) is 0 Å². The number of aliphatic hydroxyl groups excluding tert-OH is 1. The molecule has 1 aliphatic rings. The average molecular weight is 270 g/mol. The highest BCUT2D eigenvalue weighted by atomic mass is 16.3. The number of nitrogens with zero attached hydrogens (tertiary/aromatic N) is 1. The van der Waals surface area contributed by atoms with E-state index >= 15 is 0 Å². The average Bonchev–Trinajstić information content (AvgIpc) is 3.16. The third kappa shape index (κ3) is 2.47. The number of aromatic nitrogens is 1. The highest BCUT2D eigenvalue weighted by Gasteiger charge is 2.26. The van der Waals surface area contributed by atoms with Gasteiger partial charge < -0.3 is 15.0 Å². The third-order valence-corrected chi connectivity index (χ3v) is 3.61. The number of carbonyl (C=O) groups excluding carboxylic acids is 1. The van der Waals surface area contributed by atoms with Crippen molar-refractivity contribution in [1.29, 1.82) is 0 Å². The van der Waals surface area contributed by atoms with Gasteiger partial charge in [-0.15, -0.1) is 0 Å². The van der Waals surface area contributed by atoms with Gasteiger partial charge in [-0.2, -0.15) is 0 Å². The van der Waals surface area contributed by atoms with E-state index in [1.54, 1.807) is 6.92 Å². The van der Waals surface area contributed by atoms with Gasteiger partial charge in [-0.3, -0.25) is 4.79 Å². The van der Waals surface area contributed by atoms with Crippen molar-refractivity contribution in [2.24, 2.45) is 0 Å². The second kappa shape index (κ2) is 5.13. The normalized spacial score (nSPS) is 15.9. The molecule has 1 saturated carbocycles. The quantitative estimate of drug-likeness (QED) is 0.896. The van der Waals surface area contributed by atoms with Crippen LogP contribution in [0.2, 0.25) is 0 Å². The molecule has 1 aliphatic carbocycles. The maximum absolute atomic E-state index is 12.4. The Labute approximate surface area is 118 Å². The van der Waals surface area contributed by atoms with Gasteiger partial charge in [-0.05, 0) is 38.0 Å². The fourth-order valence-corrected chi connectivity index (χ4v) is 2.42. The van der Waals surface area contributed by atoms with Crippen molar-refractivity contribution in [1.82, 2.24) is 4.57 Å². The van der Waals surface area contributed by atoms with Crippen molar-refractivity contribution in [2.45, 2.75) is 31.9 Å². The number of hydrogen-bond donors (Lipinski definition) is 2. The summed E-state index contributed by atoms with van der Waals surface area (Å²) in [5.74, 6) is -0.130. The second-order valence-corrected chi connectivity index (χ2v) is 5.25. The summed E-state index contributed by atoms with van der Waals surface area (Å²) in [6, 6.07) is 11.5. The smallest absolute Gasteiger partial charge is 0.272 e. The Hall–Kier alpha value is -2.07. The minimum atomic E-state index is -0.610. The zero-order chi connectivity index (χ0) is 14.1. The molecule has 0 bridgehead atoms. The topological polar surface area (TPSA) is 54.3 Å². The van der Waals surface area contributed by atoms with E-state index < -0.39 is 6.10 Å². The van der Waals surface area contributed by atoms with Crippen LogP contribution >= 0.6 is 0 Å². The lowest BCUT2D eigenvalue weighted by Crippen LogP contribution is -2.17. The van der Waals surface area contributed by atoms with E-state index in [-0.39, 0.29) is 5.91 Å². The van der Waals surface area contributed by atoms with Crippen LogP contribution in [0.4, 0.5) is 5.69 Å². The molecule has 20 heavy (non-hydrogen) atoms. The molecule has 1 unspecified atom stereocenters. The van der Waals surface area contributed by atoms with Crippen LogP contribution in [0.1, 0.15) is 48.0 Å².